The Bertz CT molecular complexity index is 497. The van der Waals surface area contributed by atoms with E-state index in [1.807, 2.05) is 6.07 Å². The number of carbonyl (C=O) groups excluding carboxylic acids is 2. The Morgan fingerprint density at radius 2 is 1.89 bits per heavy atom. The molecule has 0 atom stereocenters. The molecule has 0 saturated carbocycles. The van der Waals surface area contributed by atoms with Crippen molar-refractivity contribution in [2.45, 2.75) is 17.7 Å². The summed E-state index contributed by atoms with van der Waals surface area (Å²) in [6.45, 7) is 0.886. The van der Waals surface area contributed by atoms with Crippen LogP contribution >= 0.6 is 12.6 Å². The van der Waals surface area contributed by atoms with Crippen LogP contribution in [0.5, 0.6) is 0 Å². The first-order valence-corrected chi connectivity index (χ1v) is 6.29. The van der Waals surface area contributed by atoms with Crippen molar-refractivity contribution >= 4 is 24.4 Å². The maximum Gasteiger partial charge on any atom is 0.252 e. The third-order valence-electron chi connectivity index (χ3n) is 2.35. The highest BCUT2D eigenvalue weighted by Gasteiger charge is 2.07. The molecule has 0 aliphatic heterocycles. The van der Waals surface area contributed by atoms with Crippen LogP contribution in [-0.4, -0.2) is 24.9 Å². The molecule has 2 N–H and O–H groups in total. The molecule has 0 aromatic heterocycles. The van der Waals surface area contributed by atoms with Gasteiger partial charge < -0.3 is 10.6 Å². The second-order valence-electron chi connectivity index (χ2n) is 3.81. The number of amides is 2. The maximum absolute atomic E-state index is 11.8. The van der Waals surface area contributed by atoms with Gasteiger partial charge in [0.25, 0.3) is 5.91 Å². The van der Waals surface area contributed by atoms with Gasteiger partial charge in [-0.2, -0.15) is 5.26 Å². The predicted octanol–water partition coefficient (Wildman–Crippen LogP) is 1.13. The van der Waals surface area contributed by atoms with Crippen LogP contribution in [0.4, 0.5) is 0 Å². The molecule has 19 heavy (non-hydrogen) atoms. The summed E-state index contributed by atoms with van der Waals surface area (Å²) in [5.74, 6) is -0.483. The van der Waals surface area contributed by atoms with Gasteiger partial charge in [-0.05, 0) is 18.6 Å². The first-order chi connectivity index (χ1) is 9.15. The van der Waals surface area contributed by atoms with Crippen molar-refractivity contribution in [3.63, 3.8) is 0 Å². The predicted molar refractivity (Wildman–Crippen MR) is 73.9 cm³/mol. The molecule has 1 aromatic rings. The van der Waals surface area contributed by atoms with E-state index in [2.05, 4.69) is 23.3 Å². The molecule has 0 bridgehead atoms. The molecule has 0 heterocycles. The van der Waals surface area contributed by atoms with Gasteiger partial charge in [0.2, 0.25) is 5.91 Å². The van der Waals surface area contributed by atoms with Gasteiger partial charge in [-0.15, -0.1) is 12.6 Å². The zero-order valence-corrected chi connectivity index (χ0v) is 11.2. The zero-order chi connectivity index (χ0) is 14.1. The van der Waals surface area contributed by atoms with Crippen LogP contribution in [0.2, 0.25) is 0 Å². The van der Waals surface area contributed by atoms with Crippen LogP contribution in [0.25, 0.3) is 0 Å². The molecule has 0 aliphatic carbocycles. The van der Waals surface area contributed by atoms with Gasteiger partial charge in [0.15, 0.2) is 0 Å². The van der Waals surface area contributed by atoms with Gasteiger partial charge in [-0.3, -0.25) is 9.59 Å². The Kier molecular flexibility index (Phi) is 6.47. The third-order valence-corrected chi connectivity index (χ3v) is 2.74. The minimum Gasteiger partial charge on any atom is -0.355 e. The van der Waals surface area contributed by atoms with Crippen molar-refractivity contribution in [3.8, 4) is 6.07 Å². The molecule has 5 nitrogen and oxygen atoms in total. The molecule has 2 amide bonds. The van der Waals surface area contributed by atoms with Gasteiger partial charge in [-0.1, -0.05) is 12.1 Å². The number of thiol groups is 1. The highest BCUT2D eigenvalue weighted by Crippen LogP contribution is 2.12. The molecule has 0 aliphatic rings. The Labute approximate surface area is 117 Å². The van der Waals surface area contributed by atoms with Gasteiger partial charge >= 0.3 is 0 Å². The fraction of sp³-hybridized carbons (Fsp3) is 0.308. The summed E-state index contributed by atoms with van der Waals surface area (Å²) in [6.07, 6.45) is 0.469. The smallest absolute Gasteiger partial charge is 0.252 e. The number of nitriles is 1. The van der Waals surface area contributed by atoms with E-state index in [1.54, 1.807) is 24.3 Å². The van der Waals surface area contributed by atoms with E-state index < -0.39 is 0 Å². The van der Waals surface area contributed by atoms with Crippen LogP contribution in [0.15, 0.2) is 29.2 Å². The normalized spacial score (nSPS) is 9.47. The van der Waals surface area contributed by atoms with Crippen LogP contribution in [0, 0.1) is 11.3 Å². The fourth-order valence-corrected chi connectivity index (χ4v) is 1.68. The summed E-state index contributed by atoms with van der Waals surface area (Å²) < 4.78 is 0. The lowest BCUT2D eigenvalue weighted by molar-refractivity contribution is -0.120. The minimum absolute atomic E-state index is 0.139. The minimum atomic E-state index is -0.297. The number of hydrogen-bond acceptors (Lipinski definition) is 4. The third kappa shape index (κ3) is 5.44. The highest BCUT2D eigenvalue weighted by atomic mass is 32.1. The number of nitrogens with zero attached hydrogens (tertiary/aromatic N) is 1. The first-order valence-electron chi connectivity index (χ1n) is 5.85. The Hall–Kier alpha value is -2.00. The van der Waals surface area contributed by atoms with E-state index in [0.29, 0.717) is 30.0 Å². The van der Waals surface area contributed by atoms with E-state index in [4.69, 9.17) is 5.26 Å². The van der Waals surface area contributed by atoms with Gasteiger partial charge in [0, 0.05) is 18.0 Å². The average Bonchev–Trinajstić information content (AvgIpc) is 2.39. The van der Waals surface area contributed by atoms with E-state index in [9.17, 15) is 9.59 Å². The lowest BCUT2D eigenvalue weighted by atomic mass is 10.2. The first kappa shape index (κ1) is 15.1. The average molecular weight is 277 g/mol. The van der Waals surface area contributed by atoms with Crippen molar-refractivity contribution in [1.82, 2.24) is 10.6 Å². The topological polar surface area (TPSA) is 82.0 Å². The van der Waals surface area contributed by atoms with Gasteiger partial charge in [-0.25, -0.2) is 0 Å². The summed E-state index contributed by atoms with van der Waals surface area (Å²) in [5, 5.41) is 13.6. The largest absolute Gasteiger partial charge is 0.355 e. The quantitative estimate of drug-likeness (QED) is 0.538. The molecule has 0 spiro atoms. The zero-order valence-electron chi connectivity index (χ0n) is 10.3. The molecule has 1 aromatic carbocycles. The molecule has 0 radical (unpaired) electrons. The van der Waals surface area contributed by atoms with E-state index in [0.717, 1.165) is 0 Å². The van der Waals surface area contributed by atoms with Crippen molar-refractivity contribution < 1.29 is 9.59 Å². The van der Waals surface area contributed by atoms with E-state index in [-0.39, 0.29) is 18.2 Å². The van der Waals surface area contributed by atoms with Crippen LogP contribution in [-0.2, 0) is 4.79 Å². The van der Waals surface area contributed by atoms with Crippen molar-refractivity contribution in [2.75, 3.05) is 13.1 Å². The Balaban J connectivity index is 2.24. The summed E-state index contributed by atoms with van der Waals surface area (Å²) in [7, 11) is 0. The Morgan fingerprint density at radius 1 is 1.21 bits per heavy atom. The van der Waals surface area contributed by atoms with Crippen molar-refractivity contribution in [2.24, 2.45) is 0 Å². The highest BCUT2D eigenvalue weighted by molar-refractivity contribution is 7.80. The second-order valence-corrected chi connectivity index (χ2v) is 4.29. The lowest BCUT2D eigenvalue weighted by Crippen LogP contribution is -2.29. The van der Waals surface area contributed by atoms with Crippen molar-refractivity contribution in [1.29, 1.82) is 5.26 Å². The molecule has 100 valence electrons. The molecular formula is C13H15N3O2S. The monoisotopic (exact) mass is 277 g/mol. The van der Waals surface area contributed by atoms with Gasteiger partial charge in [0.05, 0.1) is 11.6 Å². The molecule has 0 unspecified atom stereocenters. The van der Waals surface area contributed by atoms with Crippen molar-refractivity contribution in [3.05, 3.63) is 29.8 Å². The standard InChI is InChI=1S/C13H15N3O2S/c14-7-6-12(17)15-8-3-9-16-13(18)10-4-1-2-5-11(10)19/h1-2,4-5,19H,3,6,8-9H2,(H,15,17)(H,16,18). The Morgan fingerprint density at radius 3 is 2.58 bits per heavy atom. The van der Waals surface area contributed by atoms with Crippen LogP contribution in [0.3, 0.4) is 0 Å². The summed E-state index contributed by atoms with van der Waals surface area (Å²) in [5.41, 5.74) is 0.527. The molecule has 0 fully saturated rings. The summed E-state index contributed by atoms with van der Waals surface area (Å²) in [6, 6.07) is 8.80. The molecule has 1 rings (SSSR count). The number of hydrogen-bond donors (Lipinski definition) is 3. The number of rotatable bonds is 6. The molecular weight excluding hydrogens is 262 g/mol. The van der Waals surface area contributed by atoms with Gasteiger partial charge in [0.1, 0.15) is 6.42 Å². The van der Waals surface area contributed by atoms with E-state index >= 15 is 0 Å². The maximum atomic E-state index is 11.8. The fourth-order valence-electron chi connectivity index (χ4n) is 1.41. The lowest BCUT2D eigenvalue weighted by Gasteiger charge is -2.07. The number of carbonyl (C=O) groups is 2. The summed E-state index contributed by atoms with van der Waals surface area (Å²) in [4.78, 5) is 23.4. The SMILES string of the molecule is N#CCC(=O)NCCCNC(=O)c1ccccc1S. The van der Waals surface area contributed by atoms with E-state index in [1.165, 1.54) is 0 Å². The van der Waals surface area contributed by atoms with Crippen LogP contribution < -0.4 is 10.6 Å². The number of benzene rings is 1. The summed E-state index contributed by atoms with van der Waals surface area (Å²) >= 11 is 4.20. The van der Waals surface area contributed by atoms with Crippen LogP contribution in [0.1, 0.15) is 23.2 Å². The molecule has 6 heteroatoms. The number of nitrogens with one attached hydrogen (secondary N) is 2. The molecule has 0 saturated heterocycles. The second kappa shape index (κ2) is 8.16.